The summed E-state index contributed by atoms with van der Waals surface area (Å²) in [4.78, 5) is 21.0. The summed E-state index contributed by atoms with van der Waals surface area (Å²) in [5.74, 6) is -1.42. The number of amides is 1. The molecule has 0 radical (unpaired) electrons. The Balaban J connectivity index is 3.85. The number of carbonyl (C=O) groups excluding carboxylic acids is 1. The van der Waals surface area contributed by atoms with Crippen LogP contribution in [0.2, 0.25) is 0 Å². The lowest BCUT2D eigenvalue weighted by Crippen LogP contribution is -2.41. The van der Waals surface area contributed by atoms with Crippen molar-refractivity contribution in [3.63, 3.8) is 0 Å². The van der Waals surface area contributed by atoms with Crippen molar-refractivity contribution in [2.45, 2.75) is 25.1 Å². The lowest BCUT2D eigenvalue weighted by Gasteiger charge is -2.10. The third kappa shape index (κ3) is 3.87. The Hall–Kier alpha value is -0.710. The quantitative estimate of drug-likeness (QED) is 0.527. The van der Waals surface area contributed by atoms with Crippen LogP contribution in [0.5, 0.6) is 0 Å². The minimum Gasteiger partial charge on any atom is -0.480 e. The molecule has 0 bridgehead atoms. The summed E-state index contributed by atoms with van der Waals surface area (Å²) >= 11 is 3.83. The molecule has 0 aliphatic rings. The third-order valence-electron chi connectivity index (χ3n) is 1.11. The molecule has 0 aliphatic heterocycles. The van der Waals surface area contributed by atoms with E-state index in [0.29, 0.717) is 0 Å². The third-order valence-corrected chi connectivity index (χ3v) is 1.34. The fraction of sp³-hybridized carbons (Fsp3) is 0.667. The molecule has 0 heterocycles. The van der Waals surface area contributed by atoms with E-state index in [1.165, 1.54) is 6.92 Å². The zero-order valence-electron chi connectivity index (χ0n) is 6.37. The molecule has 2 N–H and O–H groups in total. The molecule has 2 atom stereocenters. The van der Waals surface area contributed by atoms with Gasteiger partial charge in [0.25, 0.3) is 0 Å². The van der Waals surface area contributed by atoms with Crippen molar-refractivity contribution in [3.8, 4) is 0 Å². The van der Waals surface area contributed by atoms with Gasteiger partial charge in [-0.3, -0.25) is 9.59 Å². The van der Waals surface area contributed by atoms with Gasteiger partial charge in [-0.1, -0.05) is 0 Å². The second-order valence-corrected chi connectivity index (χ2v) is 3.02. The molecule has 1 amide bonds. The van der Waals surface area contributed by atoms with Crippen LogP contribution in [-0.2, 0) is 9.59 Å². The van der Waals surface area contributed by atoms with Gasteiger partial charge in [-0.15, -0.1) is 0 Å². The number of nitrogens with one attached hydrogen (secondary N) is 1. The first-order valence-corrected chi connectivity index (χ1v) is 3.68. The molecule has 0 spiro atoms. The Morgan fingerprint density at radius 1 is 1.45 bits per heavy atom. The molecule has 11 heavy (non-hydrogen) atoms. The van der Waals surface area contributed by atoms with Crippen LogP contribution in [0.3, 0.4) is 0 Å². The first-order chi connectivity index (χ1) is 4.95. The molecule has 0 fully saturated rings. The topological polar surface area (TPSA) is 66.4 Å². The lowest BCUT2D eigenvalue weighted by molar-refractivity contribution is -0.141. The average Bonchev–Trinajstić information content (AvgIpc) is 1.87. The number of rotatable bonds is 3. The monoisotopic (exact) mass is 177 g/mol. The highest BCUT2D eigenvalue weighted by Crippen LogP contribution is 1.92. The molecule has 0 saturated carbocycles. The van der Waals surface area contributed by atoms with Gasteiger partial charge in [0, 0.05) is 0 Å². The number of carboxylic acid groups (broad SMARTS) is 1. The summed E-state index contributed by atoms with van der Waals surface area (Å²) in [5, 5.41) is 10.2. The van der Waals surface area contributed by atoms with E-state index in [4.69, 9.17) is 5.11 Å². The normalized spacial score (nSPS) is 15.2. The van der Waals surface area contributed by atoms with Crippen molar-refractivity contribution >= 4 is 24.5 Å². The van der Waals surface area contributed by atoms with E-state index in [9.17, 15) is 9.59 Å². The maximum atomic E-state index is 10.8. The molecule has 0 aromatic rings. The van der Waals surface area contributed by atoms with Gasteiger partial charge >= 0.3 is 5.97 Å². The molecule has 0 aromatic heterocycles. The highest BCUT2D eigenvalue weighted by Gasteiger charge is 2.15. The average molecular weight is 177 g/mol. The summed E-state index contributed by atoms with van der Waals surface area (Å²) in [6.45, 7) is 2.98. The van der Waals surface area contributed by atoms with Gasteiger partial charge in [0.15, 0.2) is 0 Å². The van der Waals surface area contributed by atoms with Gasteiger partial charge in [-0.2, -0.15) is 12.6 Å². The first-order valence-electron chi connectivity index (χ1n) is 3.16. The summed E-state index contributed by atoms with van der Waals surface area (Å²) in [7, 11) is 0. The summed E-state index contributed by atoms with van der Waals surface area (Å²) < 4.78 is 0. The Bertz CT molecular complexity index is 169. The van der Waals surface area contributed by atoms with Crippen LogP contribution in [0.1, 0.15) is 13.8 Å². The Morgan fingerprint density at radius 3 is 2.18 bits per heavy atom. The van der Waals surface area contributed by atoms with Gasteiger partial charge in [0.1, 0.15) is 6.04 Å². The van der Waals surface area contributed by atoms with E-state index in [1.54, 1.807) is 6.92 Å². The van der Waals surface area contributed by atoms with Crippen molar-refractivity contribution in [2.75, 3.05) is 0 Å². The first kappa shape index (κ1) is 10.3. The highest BCUT2D eigenvalue weighted by atomic mass is 32.1. The van der Waals surface area contributed by atoms with Gasteiger partial charge in [0.05, 0.1) is 5.25 Å². The van der Waals surface area contributed by atoms with E-state index in [0.717, 1.165) is 0 Å². The van der Waals surface area contributed by atoms with Crippen molar-refractivity contribution in [1.29, 1.82) is 0 Å². The van der Waals surface area contributed by atoms with Gasteiger partial charge in [-0.25, -0.2) is 0 Å². The number of thiol groups is 1. The molecule has 5 heteroatoms. The van der Waals surface area contributed by atoms with Crippen LogP contribution in [0, 0.1) is 0 Å². The fourth-order valence-corrected chi connectivity index (χ4v) is 0.470. The maximum Gasteiger partial charge on any atom is 0.325 e. The van der Waals surface area contributed by atoms with Crippen LogP contribution in [-0.4, -0.2) is 28.3 Å². The largest absolute Gasteiger partial charge is 0.480 e. The van der Waals surface area contributed by atoms with Crippen LogP contribution >= 0.6 is 12.6 Å². The SMILES string of the molecule is CC(S)C(=O)NC(C)C(=O)O. The molecule has 64 valence electrons. The van der Waals surface area contributed by atoms with E-state index >= 15 is 0 Å². The minimum absolute atomic E-state index is 0.372. The smallest absolute Gasteiger partial charge is 0.325 e. The number of hydrogen-bond acceptors (Lipinski definition) is 3. The zero-order valence-corrected chi connectivity index (χ0v) is 7.26. The Morgan fingerprint density at radius 2 is 1.91 bits per heavy atom. The maximum absolute atomic E-state index is 10.8. The molecular weight excluding hydrogens is 166 g/mol. The van der Waals surface area contributed by atoms with Crippen molar-refractivity contribution in [3.05, 3.63) is 0 Å². The van der Waals surface area contributed by atoms with Crippen LogP contribution in [0.15, 0.2) is 0 Å². The van der Waals surface area contributed by atoms with Crippen LogP contribution < -0.4 is 5.32 Å². The molecule has 4 nitrogen and oxygen atoms in total. The van der Waals surface area contributed by atoms with Gasteiger partial charge in [-0.05, 0) is 13.8 Å². The van der Waals surface area contributed by atoms with E-state index in [1.807, 2.05) is 0 Å². The molecule has 0 aromatic carbocycles. The van der Waals surface area contributed by atoms with Crippen molar-refractivity contribution < 1.29 is 14.7 Å². The standard InChI is InChI=1S/C6H11NO3S/c1-3(6(9)10)7-5(8)4(2)11/h3-4,11H,1-2H3,(H,7,8)(H,9,10). The van der Waals surface area contributed by atoms with E-state index < -0.39 is 17.3 Å². The zero-order chi connectivity index (χ0) is 9.02. The highest BCUT2D eigenvalue weighted by molar-refractivity contribution is 7.81. The van der Waals surface area contributed by atoms with Crippen LogP contribution in [0.25, 0.3) is 0 Å². The second-order valence-electron chi connectivity index (χ2n) is 2.24. The van der Waals surface area contributed by atoms with Gasteiger partial charge < -0.3 is 10.4 Å². The summed E-state index contributed by atoms with van der Waals surface area (Å²) in [6, 6.07) is -0.850. The Kier molecular flexibility index (Phi) is 3.95. The number of carboxylic acids is 1. The van der Waals surface area contributed by atoms with Crippen LogP contribution in [0.4, 0.5) is 0 Å². The fourth-order valence-electron chi connectivity index (χ4n) is 0.396. The molecule has 0 aliphatic carbocycles. The van der Waals surface area contributed by atoms with Crippen molar-refractivity contribution in [2.24, 2.45) is 0 Å². The molecule has 2 unspecified atom stereocenters. The van der Waals surface area contributed by atoms with E-state index in [-0.39, 0.29) is 5.91 Å². The predicted octanol–water partition coefficient (Wildman–Crippen LogP) is -0.106. The molecular formula is C6H11NO3S. The Labute approximate surface area is 70.4 Å². The molecule has 0 rings (SSSR count). The minimum atomic E-state index is -1.05. The molecule has 0 saturated heterocycles. The number of hydrogen-bond donors (Lipinski definition) is 3. The summed E-state index contributed by atoms with van der Waals surface area (Å²) in [5.41, 5.74) is 0. The van der Waals surface area contributed by atoms with E-state index in [2.05, 4.69) is 17.9 Å². The predicted molar refractivity (Wildman–Crippen MR) is 43.7 cm³/mol. The van der Waals surface area contributed by atoms with Gasteiger partial charge in [0.2, 0.25) is 5.91 Å². The van der Waals surface area contributed by atoms with Crippen molar-refractivity contribution in [1.82, 2.24) is 5.32 Å². The summed E-state index contributed by atoms with van der Waals surface area (Å²) in [6.07, 6.45) is 0. The number of carbonyl (C=O) groups is 2. The number of aliphatic carboxylic acids is 1. The second kappa shape index (κ2) is 4.23. The lowest BCUT2D eigenvalue weighted by atomic mass is 10.3.